The Hall–Kier alpha value is -1.56. The summed E-state index contributed by atoms with van der Waals surface area (Å²) in [6, 6.07) is 5.02. The van der Waals surface area contributed by atoms with E-state index in [1.807, 2.05) is 0 Å². The van der Waals surface area contributed by atoms with Gasteiger partial charge in [0, 0.05) is 5.69 Å². The number of nitrogens with zero attached hydrogens (tertiary/aromatic N) is 1. The number of nitrogens with one attached hydrogen (secondary N) is 1. The zero-order valence-corrected chi connectivity index (χ0v) is 12.6. The quantitative estimate of drug-likeness (QED) is 0.912. The van der Waals surface area contributed by atoms with Crippen LogP contribution in [0, 0.1) is 5.92 Å². The fourth-order valence-corrected chi connectivity index (χ4v) is 2.99. The molecule has 1 aromatic carbocycles. The number of methoxy groups -OCH3 is 1. The molecule has 1 saturated carbocycles. The smallest absolute Gasteiger partial charge is 0.250 e. The van der Waals surface area contributed by atoms with Gasteiger partial charge in [0.25, 0.3) is 0 Å². The lowest BCUT2D eigenvalue weighted by molar-refractivity contribution is -0.131. The molecule has 0 radical (unpaired) electrons. The van der Waals surface area contributed by atoms with Crippen molar-refractivity contribution < 1.29 is 14.3 Å². The van der Waals surface area contributed by atoms with Crippen LogP contribution < -0.4 is 15.0 Å². The van der Waals surface area contributed by atoms with Gasteiger partial charge >= 0.3 is 0 Å². The van der Waals surface area contributed by atoms with E-state index in [1.165, 1.54) is 0 Å². The van der Waals surface area contributed by atoms with Crippen LogP contribution in [0.25, 0.3) is 0 Å². The van der Waals surface area contributed by atoms with Crippen LogP contribution in [0.5, 0.6) is 5.75 Å². The van der Waals surface area contributed by atoms with Gasteiger partial charge in [-0.1, -0.05) is 0 Å². The lowest BCUT2D eigenvalue weighted by atomic mass is 10.1. The van der Waals surface area contributed by atoms with Crippen molar-refractivity contribution in [1.82, 2.24) is 5.32 Å². The second-order valence-electron chi connectivity index (χ2n) is 5.13. The van der Waals surface area contributed by atoms with Crippen LogP contribution in [0.2, 0.25) is 0 Å². The van der Waals surface area contributed by atoms with Crippen molar-refractivity contribution in [2.45, 2.75) is 18.9 Å². The number of hydrogen-bond acceptors (Lipinski definition) is 3. The Morgan fingerprint density at radius 1 is 1.35 bits per heavy atom. The van der Waals surface area contributed by atoms with Crippen LogP contribution in [0.1, 0.15) is 12.8 Å². The lowest BCUT2D eigenvalue weighted by Crippen LogP contribution is -2.59. The Morgan fingerprint density at radius 3 is 2.70 bits per heavy atom. The number of amides is 2. The molecule has 1 N–H and O–H groups in total. The molecule has 1 aromatic rings. The first-order chi connectivity index (χ1) is 9.60. The molecule has 1 atom stereocenters. The molecular formula is C14H15BrN2O3. The minimum Gasteiger partial charge on any atom is -0.496 e. The SMILES string of the molecule is COc1ccc(N2CC(=O)NC(C3CC3)C2=O)cc1Br. The molecule has 1 aliphatic heterocycles. The summed E-state index contributed by atoms with van der Waals surface area (Å²) in [5, 5.41) is 2.80. The largest absolute Gasteiger partial charge is 0.496 e. The van der Waals surface area contributed by atoms with Crippen LogP contribution in [-0.4, -0.2) is 31.5 Å². The molecule has 1 saturated heterocycles. The summed E-state index contributed by atoms with van der Waals surface area (Å²) in [5.74, 6) is 0.870. The highest BCUT2D eigenvalue weighted by atomic mass is 79.9. The summed E-state index contributed by atoms with van der Waals surface area (Å²) in [4.78, 5) is 25.8. The van der Waals surface area contributed by atoms with E-state index >= 15 is 0 Å². The normalized spacial score (nSPS) is 22.7. The van der Waals surface area contributed by atoms with Crippen LogP contribution in [-0.2, 0) is 9.59 Å². The third-order valence-electron chi connectivity index (χ3n) is 3.69. The van der Waals surface area contributed by atoms with E-state index in [0.717, 1.165) is 17.3 Å². The summed E-state index contributed by atoms with van der Waals surface area (Å²) >= 11 is 3.40. The van der Waals surface area contributed by atoms with Crippen LogP contribution >= 0.6 is 15.9 Å². The fourth-order valence-electron chi connectivity index (χ4n) is 2.46. The van der Waals surface area contributed by atoms with Gasteiger partial charge in [-0.15, -0.1) is 0 Å². The third kappa shape index (κ3) is 2.40. The zero-order chi connectivity index (χ0) is 14.3. The number of anilines is 1. The molecule has 1 heterocycles. The summed E-state index contributed by atoms with van der Waals surface area (Å²) in [7, 11) is 1.59. The predicted molar refractivity (Wildman–Crippen MR) is 77.7 cm³/mol. The van der Waals surface area contributed by atoms with E-state index in [9.17, 15) is 9.59 Å². The van der Waals surface area contributed by atoms with Crippen molar-refractivity contribution in [1.29, 1.82) is 0 Å². The van der Waals surface area contributed by atoms with Gasteiger partial charge in [-0.3, -0.25) is 9.59 Å². The van der Waals surface area contributed by atoms with Gasteiger partial charge in [0.15, 0.2) is 0 Å². The monoisotopic (exact) mass is 338 g/mol. The topological polar surface area (TPSA) is 58.6 Å². The van der Waals surface area contributed by atoms with Gasteiger partial charge < -0.3 is 15.0 Å². The van der Waals surface area contributed by atoms with E-state index in [2.05, 4.69) is 21.2 Å². The third-order valence-corrected chi connectivity index (χ3v) is 4.31. The number of carbonyl (C=O) groups excluding carboxylic acids is 2. The van der Waals surface area contributed by atoms with Crippen molar-refractivity contribution in [2.24, 2.45) is 5.92 Å². The van der Waals surface area contributed by atoms with Gasteiger partial charge in [0.1, 0.15) is 18.3 Å². The summed E-state index contributed by atoms with van der Waals surface area (Å²) in [6.07, 6.45) is 2.02. The van der Waals surface area contributed by atoms with E-state index in [-0.39, 0.29) is 24.4 Å². The molecule has 1 unspecified atom stereocenters. The minimum atomic E-state index is -0.364. The van der Waals surface area contributed by atoms with Crippen molar-refractivity contribution in [3.8, 4) is 5.75 Å². The predicted octanol–water partition coefficient (Wildman–Crippen LogP) is 1.70. The Kier molecular flexibility index (Phi) is 3.41. The Balaban J connectivity index is 1.89. The molecule has 2 amide bonds. The Bertz CT molecular complexity index is 572. The highest BCUT2D eigenvalue weighted by Crippen LogP contribution is 2.36. The highest BCUT2D eigenvalue weighted by molar-refractivity contribution is 9.10. The number of piperazine rings is 1. The van der Waals surface area contributed by atoms with Gasteiger partial charge in [0.2, 0.25) is 11.8 Å². The standard InChI is InChI=1S/C14H15BrN2O3/c1-20-11-5-4-9(6-10(11)15)17-7-12(18)16-13(14(17)19)8-2-3-8/h4-6,8,13H,2-3,7H2,1H3,(H,16,18). The maximum absolute atomic E-state index is 12.5. The molecule has 0 spiro atoms. The van der Waals surface area contributed by atoms with E-state index < -0.39 is 0 Å². The second-order valence-corrected chi connectivity index (χ2v) is 5.98. The van der Waals surface area contributed by atoms with Crippen molar-refractivity contribution >= 4 is 33.4 Å². The van der Waals surface area contributed by atoms with E-state index in [0.29, 0.717) is 17.4 Å². The number of ether oxygens (including phenoxy) is 1. The molecule has 5 nitrogen and oxygen atoms in total. The van der Waals surface area contributed by atoms with Gasteiger partial charge in [0.05, 0.1) is 11.6 Å². The molecule has 2 aliphatic rings. The van der Waals surface area contributed by atoms with Crippen molar-refractivity contribution in [3.05, 3.63) is 22.7 Å². The van der Waals surface area contributed by atoms with Crippen molar-refractivity contribution in [3.63, 3.8) is 0 Å². The average molecular weight is 339 g/mol. The first-order valence-corrected chi connectivity index (χ1v) is 7.33. The Labute approximate surface area is 125 Å². The Morgan fingerprint density at radius 2 is 2.10 bits per heavy atom. The maximum atomic E-state index is 12.5. The van der Waals surface area contributed by atoms with Crippen LogP contribution in [0.15, 0.2) is 22.7 Å². The minimum absolute atomic E-state index is 0.0239. The first kappa shape index (κ1) is 13.4. The second kappa shape index (κ2) is 5.09. The number of hydrogen-bond donors (Lipinski definition) is 1. The van der Waals surface area contributed by atoms with Gasteiger partial charge in [-0.25, -0.2) is 0 Å². The molecule has 106 valence electrons. The number of carbonyl (C=O) groups is 2. The fraction of sp³-hybridized carbons (Fsp3) is 0.429. The number of halogens is 1. The maximum Gasteiger partial charge on any atom is 0.250 e. The molecule has 0 aromatic heterocycles. The molecule has 0 bridgehead atoms. The van der Waals surface area contributed by atoms with Crippen LogP contribution in [0.4, 0.5) is 5.69 Å². The van der Waals surface area contributed by atoms with Gasteiger partial charge in [-0.2, -0.15) is 0 Å². The van der Waals surface area contributed by atoms with Crippen LogP contribution in [0.3, 0.4) is 0 Å². The molecule has 3 rings (SSSR count). The summed E-state index contributed by atoms with van der Waals surface area (Å²) in [6.45, 7) is 0.0703. The van der Waals surface area contributed by atoms with E-state index in [1.54, 1.807) is 30.2 Å². The molecular weight excluding hydrogens is 324 g/mol. The highest BCUT2D eigenvalue weighted by Gasteiger charge is 2.43. The molecule has 1 aliphatic carbocycles. The first-order valence-electron chi connectivity index (χ1n) is 6.54. The summed E-state index contributed by atoms with van der Waals surface area (Å²) < 4.78 is 5.94. The number of rotatable bonds is 3. The average Bonchev–Trinajstić information content (AvgIpc) is 3.25. The van der Waals surface area contributed by atoms with Crippen molar-refractivity contribution in [2.75, 3.05) is 18.6 Å². The number of benzene rings is 1. The lowest BCUT2D eigenvalue weighted by Gasteiger charge is -2.32. The van der Waals surface area contributed by atoms with E-state index in [4.69, 9.17) is 4.74 Å². The summed E-state index contributed by atoms with van der Waals surface area (Å²) in [5.41, 5.74) is 0.711. The molecule has 6 heteroatoms. The molecule has 2 fully saturated rings. The van der Waals surface area contributed by atoms with Gasteiger partial charge in [-0.05, 0) is 52.9 Å². The zero-order valence-electron chi connectivity index (χ0n) is 11.1. The molecule has 20 heavy (non-hydrogen) atoms.